The molecule has 0 N–H and O–H groups in total. The number of hydrogen-bond acceptors (Lipinski definition) is 4. The van der Waals surface area contributed by atoms with E-state index < -0.39 is 0 Å². The fourth-order valence-electron chi connectivity index (χ4n) is 9.08. The second-order valence-electron chi connectivity index (χ2n) is 15.4. The smallest absolute Gasteiger partial charge is 0.210 e. The molecule has 0 radical (unpaired) electrons. The van der Waals surface area contributed by atoms with Gasteiger partial charge in [0.15, 0.2) is 10.1 Å². The van der Waals surface area contributed by atoms with Gasteiger partial charge in [-0.1, -0.05) is 104 Å². The van der Waals surface area contributed by atoms with Gasteiger partial charge in [0.25, 0.3) is 0 Å². The minimum atomic E-state index is -0.127. The van der Waals surface area contributed by atoms with Gasteiger partial charge >= 0.3 is 0 Å². The molecular formula is C47H44N3S2+. The van der Waals surface area contributed by atoms with Crippen molar-refractivity contribution in [3.8, 4) is 0 Å². The minimum absolute atomic E-state index is 0.127. The van der Waals surface area contributed by atoms with Crippen LogP contribution >= 0.6 is 23.1 Å². The third kappa shape index (κ3) is 5.23. The molecule has 2 aliphatic heterocycles. The van der Waals surface area contributed by atoms with Gasteiger partial charge in [-0.15, -0.1) is 11.3 Å². The highest BCUT2D eigenvalue weighted by Gasteiger charge is 2.44. The number of allylic oxidation sites excluding steroid dienone is 7. The first kappa shape index (κ1) is 33.1. The first-order chi connectivity index (χ1) is 25.1. The number of thioether (sulfide) groups is 1. The molecule has 0 saturated heterocycles. The van der Waals surface area contributed by atoms with Gasteiger partial charge in [-0.3, -0.25) is 0 Å². The molecule has 0 amide bonds. The average molecular weight is 715 g/mol. The molecule has 52 heavy (non-hydrogen) atoms. The Morgan fingerprint density at radius 1 is 0.750 bits per heavy atom. The molecule has 6 aromatic rings. The van der Waals surface area contributed by atoms with Crippen LogP contribution in [0, 0.1) is 0 Å². The standard InChI is InChI=1S/C47H44N3S2/c1-46(2)40(49(5)37-26-22-30-14-7-9-18-34(30)42(37)46)28-24-32-16-13-17-33(44(32)52-45-48-36-20-11-12-21-39(36)51-45)25-29-41-47(3,4)43-35-19-10-8-15-31(35)23-27-38(43)50(41)6/h7-12,14-15,18-29H,13,16-17H2,1-6H3/q+1. The fourth-order valence-corrected chi connectivity index (χ4v) is 11.4. The van der Waals surface area contributed by atoms with Gasteiger partial charge in [-0.25, -0.2) is 4.98 Å². The molecule has 3 nitrogen and oxygen atoms in total. The van der Waals surface area contributed by atoms with Gasteiger partial charge in [-0.05, 0) is 102 Å². The summed E-state index contributed by atoms with van der Waals surface area (Å²) >= 11 is 3.65. The van der Waals surface area contributed by atoms with E-state index in [2.05, 4.69) is 173 Å². The summed E-state index contributed by atoms with van der Waals surface area (Å²) in [6, 6.07) is 35.3. The predicted molar refractivity (Wildman–Crippen MR) is 225 cm³/mol. The normalized spacial score (nSPS) is 19.7. The monoisotopic (exact) mass is 714 g/mol. The molecular weight excluding hydrogens is 671 g/mol. The maximum atomic E-state index is 5.09. The van der Waals surface area contributed by atoms with Crippen molar-refractivity contribution in [3.05, 3.63) is 154 Å². The number of benzene rings is 5. The van der Waals surface area contributed by atoms with E-state index in [0.717, 1.165) is 29.1 Å². The number of likely N-dealkylation sites (N-methyl/N-ethyl adjacent to an activating group) is 1. The van der Waals surface area contributed by atoms with E-state index in [1.54, 1.807) is 11.3 Å². The van der Waals surface area contributed by atoms with Crippen LogP contribution < -0.4 is 4.90 Å². The Hall–Kier alpha value is -4.71. The van der Waals surface area contributed by atoms with Crippen LogP contribution in [0.15, 0.2) is 147 Å². The highest BCUT2D eigenvalue weighted by molar-refractivity contribution is 8.05. The van der Waals surface area contributed by atoms with Gasteiger partial charge < -0.3 is 4.90 Å². The Morgan fingerprint density at radius 2 is 1.44 bits per heavy atom. The largest absolute Gasteiger partial charge is 0.347 e. The van der Waals surface area contributed by atoms with E-state index in [1.165, 1.54) is 76.2 Å². The van der Waals surface area contributed by atoms with Crippen molar-refractivity contribution in [3.63, 3.8) is 0 Å². The summed E-state index contributed by atoms with van der Waals surface area (Å²) < 4.78 is 4.74. The molecule has 1 aromatic heterocycles. The van der Waals surface area contributed by atoms with Crippen LogP contribution in [0.3, 0.4) is 0 Å². The lowest BCUT2D eigenvalue weighted by Gasteiger charge is -2.25. The molecule has 3 aliphatic rings. The van der Waals surface area contributed by atoms with Crippen molar-refractivity contribution in [2.75, 3.05) is 19.0 Å². The van der Waals surface area contributed by atoms with Crippen molar-refractivity contribution in [1.29, 1.82) is 0 Å². The molecule has 5 aromatic carbocycles. The molecule has 0 atom stereocenters. The Balaban J connectivity index is 1.14. The highest BCUT2D eigenvalue weighted by atomic mass is 32.2. The zero-order valence-corrected chi connectivity index (χ0v) is 32.5. The Labute approximate surface area is 315 Å². The molecule has 0 spiro atoms. The van der Waals surface area contributed by atoms with Gasteiger partial charge in [0.1, 0.15) is 7.05 Å². The molecule has 0 fully saturated rings. The second-order valence-corrected chi connectivity index (χ2v) is 17.7. The lowest BCUT2D eigenvalue weighted by Crippen LogP contribution is -2.27. The number of nitrogens with zero attached hydrogens (tertiary/aromatic N) is 3. The van der Waals surface area contributed by atoms with E-state index in [4.69, 9.17) is 4.98 Å². The summed E-state index contributed by atoms with van der Waals surface area (Å²) in [5.41, 5.74) is 11.7. The quantitative estimate of drug-likeness (QED) is 0.166. The number of anilines is 1. The number of thiazole rings is 1. The average Bonchev–Trinajstić information content (AvgIpc) is 3.71. The zero-order valence-electron chi connectivity index (χ0n) is 30.8. The van der Waals surface area contributed by atoms with Gasteiger partial charge in [0.05, 0.1) is 15.6 Å². The van der Waals surface area contributed by atoms with Crippen LogP contribution in [0.4, 0.5) is 11.4 Å². The van der Waals surface area contributed by atoms with Crippen LogP contribution in [-0.4, -0.2) is 29.4 Å². The van der Waals surface area contributed by atoms with Crippen LogP contribution in [-0.2, 0) is 10.8 Å². The van der Waals surface area contributed by atoms with E-state index in [9.17, 15) is 0 Å². The SMILES string of the molecule is CN1/C(=C/C=C2\CCCC(/C=C/C3=[N+](C)c4ccc5ccccc5c4C3(C)C)=C2Sc2nc3ccccc3s2)C(C)(C)c2c1ccc1ccccc21. The number of hydrogen-bond donors (Lipinski definition) is 0. The molecule has 9 rings (SSSR count). The summed E-state index contributed by atoms with van der Waals surface area (Å²) in [5, 5.41) is 5.29. The van der Waals surface area contributed by atoms with Gasteiger partial charge in [-0.2, -0.15) is 4.58 Å². The van der Waals surface area contributed by atoms with Crippen LogP contribution in [0.2, 0.25) is 0 Å². The van der Waals surface area contributed by atoms with E-state index in [0.29, 0.717) is 0 Å². The van der Waals surface area contributed by atoms with Crippen molar-refractivity contribution >= 4 is 71.9 Å². The molecule has 0 bridgehead atoms. The second kappa shape index (κ2) is 12.5. The van der Waals surface area contributed by atoms with Crippen LogP contribution in [0.1, 0.15) is 58.1 Å². The predicted octanol–water partition coefficient (Wildman–Crippen LogP) is 12.6. The Kier molecular flexibility index (Phi) is 7.94. The first-order valence-electron chi connectivity index (χ1n) is 18.4. The minimum Gasteiger partial charge on any atom is -0.347 e. The fraction of sp³-hybridized carbons (Fsp3) is 0.234. The molecule has 0 saturated carbocycles. The van der Waals surface area contributed by atoms with Crippen molar-refractivity contribution < 1.29 is 4.58 Å². The van der Waals surface area contributed by atoms with Crippen LogP contribution in [0.5, 0.6) is 0 Å². The molecule has 1 aliphatic carbocycles. The summed E-state index contributed by atoms with van der Waals surface area (Å²) in [7, 11) is 4.46. The number of fused-ring (bicyclic) bond motifs is 7. The van der Waals surface area contributed by atoms with Crippen molar-refractivity contribution in [2.45, 2.75) is 62.1 Å². The zero-order chi connectivity index (χ0) is 35.8. The lowest BCUT2D eigenvalue weighted by atomic mass is 9.78. The summed E-state index contributed by atoms with van der Waals surface area (Å²) in [6.45, 7) is 9.52. The van der Waals surface area contributed by atoms with Gasteiger partial charge in [0.2, 0.25) is 5.69 Å². The van der Waals surface area contributed by atoms with Gasteiger partial charge in [0, 0.05) is 46.5 Å². The third-order valence-corrected chi connectivity index (χ3v) is 13.9. The molecule has 258 valence electrons. The van der Waals surface area contributed by atoms with E-state index >= 15 is 0 Å². The summed E-state index contributed by atoms with van der Waals surface area (Å²) in [5.74, 6) is 0. The summed E-state index contributed by atoms with van der Waals surface area (Å²) in [6.07, 6.45) is 12.9. The molecule has 3 heterocycles. The van der Waals surface area contributed by atoms with E-state index in [1.807, 2.05) is 11.8 Å². The summed E-state index contributed by atoms with van der Waals surface area (Å²) in [4.78, 5) is 8.85. The maximum absolute atomic E-state index is 5.09. The Bertz CT molecular complexity index is 2580. The maximum Gasteiger partial charge on any atom is 0.210 e. The molecule has 0 unspecified atom stereocenters. The van der Waals surface area contributed by atoms with Crippen molar-refractivity contribution in [2.24, 2.45) is 0 Å². The first-order valence-corrected chi connectivity index (χ1v) is 20.0. The Morgan fingerprint density at radius 3 is 2.21 bits per heavy atom. The topological polar surface area (TPSA) is 19.1 Å². The third-order valence-electron chi connectivity index (χ3n) is 11.6. The van der Waals surface area contributed by atoms with E-state index in [-0.39, 0.29) is 10.8 Å². The highest BCUT2D eigenvalue weighted by Crippen LogP contribution is 2.51. The number of para-hydroxylation sites is 1. The number of aromatic nitrogens is 1. The number of rotatable bonds is 5. The van der Waals surface area contributed by atoms with Crippen LogP contribution in [0.25, 0.3) is 31.8 Å². The lowest BCUT2D eigenvalue weighted by molar-refractivity contribution is -0.401. The van der Waals surface area contributed by atoms with Crippen molar-refractivity contribution in [1.82, 2.24) is 4.98 Å². The molecule has 5 heteroatoms.